The lowest BCUT2D eigenvalue weighted by Crippen LogP contribution is -2.40. The summed E-state index contributed by atoms with van der Waals surface area (Å²) in [6.45, 7) is 4.14. The Balaban J connectivity index is 2.07. The number of benzene rings is 2. The molecule has 2 aromatic rings. The van der Waals surface area contributed by atoms with Gasteiger partial charge in [0.1, 0.15) is 6.54 Å². The van der Waals surface area contributed by atoms with E-state index in [9.17, 15) is 13.2 Å². The molecule has 0 heterocycles. The van der Waals surface area contributed by atoms with Gasteiger partial charge >= 0.3 is 0 Å². The summed E-state index contributed by atoms with van der Waals surface area (Å²) in [4.78, 5) is 12.2. The quantitative estimate of drug-likeness (QED) is 0.825. The van der Waals surface area contributed by atoms with Crippen LogP contribution in [0.25, 0.3) is 0 Å². The molecule has 0 aromatic heterocycles. The van der Waals surface area contributed by atoms with Crippen molar-refractivity contribution in [2.45, 2.75) is 26.8 Å². The van der Waals surface area contributed by atoms with Crippen molar-refractivity contribution >= 4 is 21.6 Å². The lowest BCUT2D eigenvalue weighted by atomic mass is 10.1. The van der Waals surface area contributed by atoms with Crippen molar-refractivity contribution in [2.24, 2.45) is 0 Å². The summed E-state index contributed by atoms with van der Waals surface area (Å²) < 4.78 is 25.3. The zero-order chi connectivity index (χ0) is 18.4. The van der Waals surface area contributed by atoms with Crippen LogP contribution in [0.1, 0.15) is 23.6 Å². The van der Waals surface area contributed by atoms with Crippen LogP contribution in [0.4, 0.5) is 5.69 Å². The molecule has 0 atom stereocenters. The molecule has 1 amide bonds. The second-order valence-electron chi connectivity index (χ2n) is 6.06. The minimum Gasteiger partial charge on any atom is -0.350 e. The van der Waals surface area contributed by atoms with Crippen LogP contribution < -0.4 is 9.62 Å². The molecule has 6 heteroatoms. The van der Waals surface area contributed by atoms with E-state index in [4.69, 9.17) is 0 Å². The van der Waals surface area contributed by atoms with Crippen molar-refractivity contribution in [3.05, 3.63) is 65.2 Å². The Morgan fingerprint density at radius 2 is 1.76 bits per heavy atom. The number of hydrogen-bond donors (Lipinski definition) is 1. The van der Waals surface area contributed by atoms with Gasteiger partial charge in [0, 0.05) is 6.54 Å². The van der Waals surface area contributed by atoms with E-state index in [2.05, 4.69) is 5.32 Å². The highest BCUT2D eigenvalue weighted by Crippen LogP contribution is 2.18. The van der Waals surface area contributed by atoms with Crippen LogP contribution in [0.15, 0.2) is 48.5 Å². The van der Waals surface area contributed by atoms with Gasteiger partial charge in [0.25, 0.3) is 0 Å². The highest BCUT2D eigenvalue weighted by atomic mass is 32.2. The number of carbonyl (C=O) groups excluding carboxylic acids is 1. The Morgan fingerprint density at radius 1 is 1.08 bits per heavy atom. The van der Waals surface area contributed by atoms with E-state index < -0.39 is 10.0 Å². The second-order valence-corrected chi connectivity index (χ2v) is 7.96. The van der Waals surface area contributed by atoms with Crippen molar-refractivity contribution in [3.8, 4) is 0 Å². The number of hydrogen-bond acceptors (Lipinski definition) is 3. The molecular weight excluding hydrogens is 336 g/mol. The molecule has 2 rings (SSSR count). The predicted molar refractivity (Wildman–Crippen MR) is 101 cm³/mol. The van der Waals surface area contributed by atoms with Gasteiger partial charge in [0.15, 0.2) is 0 Å². The first-order chi connectivity index (χ1) is 11.8. The van der Waals surface area contributed by atoms with Crippen molar-refractivity contribution in [3.63, 3.8) is 0 Å². The first-order valence-electron chi connectivity index (χ1n) is 8.18. The fourth-order valence-corrected chi connectivity index (χ4v) is 3.36. The van der Waals surface area contributed by atoms with E-state index in [1.54, 1.807) is 12.1 Å². The number of amides is 1. The number of nitrogens with zero attached hydrogens (tertiary/aromatic N) is 1. The van der Waals surface area contributed by atoms with E-state index in [0.717, 1.165) is 33.7 Å². The number of rotatable bonds is 7. The Morgan fingerprint density at radius 3 is 2.32 bits per heavy atom. The molecule has 0 unspecified atom stereocenters. The van der Waals surface area contributed by atoms with E-state index in [1.165, 1.54) is 0 Å². The number of sulfonamides is 1. The smallest absolute Gasteiger partial charge is 0.241 e. The summed E-state index contributed by atoms with van der Waals surface area (Å²) in [5, 5.41) is 2.78. The molecule has 0 spiro atoms. The lowest BCUT2D eigenvalue weighted by Gasteiger charge is -2.22. The molecule has 25 heavy (non-hydrogen) atoms. The monoisotopic (exact) mass is 360 g/mol. The largest absolute Gasteiger partial charge is 0.350 e. The zero-order valence-corrected chi connectivity index (χ0v) is 15.6. The summed E-state index contributed by atoms with van der Waals surface area (Å²) in [6, 6.07) is 15.0. The maximum absolute atomic E-state index is 12.2. The minimum absolute atomic E-state index is 0.240. The van der Waals surface area contributed by atoms with Crippen molar-refractivity contribution in [2.75, 3.05) is 17.1 Å². The van der Waals surface area contributed by atoms with Gasteiger partial charge in [-0.05, 0) is 36.6 Å². The second kappa shape index (κ2) is 8.16. The molecule has 1 N–H and O–H groups in total. The topological polar surface area (TPSA) is 66.5 Å². The Labute approximate surface area is 149 Å². The third-order valence-electron chi connectivity index (χ3n) is 3.89. The van der Waals surface area contributed by atoms with Gasteiger partial charge < -0.3 is 5.32 Å². The van der Waals surface area contributed by atoms with Crippen LogP contribution in [0.3, 0.4) is 0 Å². The van der Waals surface area contributed by atoms with Gasteiger partial charge in [0.2, 0.25) is 15.9 Å². The fraction of sp³-hybridized carbons (Fsp3) is 0.316. The van der Waals surface area contributed by atoms with Crippen LogP contribution in [-0.4, -0.2) is 27.1 Å². The van der Waals surface area contributed by atoms with Gasteiger partial charge in [-0.3, -0.25) is 9.10 Å². The van der Waals surface area contributed by atoms with Gasteiger partial charge in [-0.25, -0.2) is 8.42 Å². The van der Waals surface area contributed by atoms with E-state index >= 15 is 0 Å². The van der Waals surface area contributed by atoms with Crippen LogP contribution >= 0.6 is 0 Å². The summed E-state index contributed by atoms with van der Waals surface area (Å²) in [5.74, 6) is -0.341. The Kier molecular flexibility index (Phi) is 6.20. The maximum Gasteiger partial charge on any atom is 0.241 e. The molecule has 0 aliphatic heterocycles. The number of carbonyl (C=O) groups is 1. The van der Waals surface area contributed by atoms with Crippen LogP contribution in [0.5, 0.6) is 0 Å². The summed E-state index contributed by atoms with van der Waals surface area (Å²) in [5.41, 5.74) is 3.69. The predicted octanol–water partition coefficient (Wildman–Crippen LogP) is 2.64. The van der Waals surface area contributed by atoms with E-state index in [0.29, 0.717) is 12.2 Å². The van der Waals surface area contributed by atoms with E-state index in [-0.39, 0.29) is 12.5 Å². The number of aryl methyl sites for hydroxylation is 2. The molecule has 134 valence electrons. The van der Waals surface area contributed by atoms with Crippen LogP contribution in [-0.2, 0) is 27.8 Å². The SMILES string of the molecule is CCc1ccc(N(CC(=O)NCc2cccc(C)c2)S(C)(=O)=O)cc1. The first kappa shape index (κ1) is 19.0. The summed E-state index contributed by atoms with van der Waals surface area (Å²) in [6.07, 6.45) is 1.98. The molecule has 0 saturated carbocycles. The van der Waals surface area contributed by atoms with Gasteiger partial charge in [0.05, 0.1) is 11.9 Å². The first-order valence-corrected chi connectivity index (χ1v) is 10.0. The van der Waals surface area contributed by atoms with Gasteiger partial charge in [-0.2, -0.15) is 0 Å². The van der Waals surface area contributed by atoms with E-state index in [1.807, 2.05) is 50.2 Å². The maximum atomic E-state index is 12.2. The lowest BCUT2D eigenvalue weighted by molar-refractivity contribution is -0.119. The fourth-order valence-electron chi connectivity index (χ4n) is 2.51. The third kappa shape index (κ3) is 5.60. The van der Waals surface area contributed by atoms with Gasteiger partial charge in [-0.15, -0.1) is 0 Å². The minimum atomic E-state index is -3.55. The molecular formula is C19H24N2O3S. The number of anilines is 1. The molecule has 5 nitrogen and oxygen atoms in total. The van der Waals surface area contributed by atoms with Crippen molar-refractivity contribution < 1.29 is 13.2 Å². The molecule has 0 aliphatic carbocycles. The standard InChI is InChI=1S/C19H24N2O3S/c1-4-16-8-10-18(11-9-16)21(25(3,23)24)14-19(22)20-13-17-7-5-6-15(2)12-17/h5-12H,4,13-14H2,1-3H3,(H,20,22). The van der Waals surface area contributed by atoms with Gasteiger partial charge in [-0.1, -0.05) is 48.9 Å². The average Bonchev–Trinajstić information content (AvgIpc) is 2.57. The molecule has 0 saturated heterocycles. The van der Waals surface area contributed by atoms with Crippen LogP contribution in [0, 0.1) is 6.92 Å². The molecule has 0 radical (unpaired) electrons. The average molecular weight is 360 g/mol. The Hall–Kier alpha value is -2.34. The zero-order valence-electron chi connectivity index (χ0n) is 14.8. The molecule has 2 aromatic carbocycles. The normalized spacial score (nSPS) is 11.2. The van der Waals surface area contributed by atoms with Crippen LogP contribution in [0.2, 0.25) is 0 Å². The summed E-state index contributed by atoms with van der Waals surface area (Å²) >= 11 is 0. The van der Waals surface area contributed by atoms with Crippen molar-refractivity contribution in [1.82, 2.24) is 5.32 Å². The molecule has 0 fully saturated rings. The molecule has 0 bridgehead atoms. The Bertz CT molecular complexity index is 830. The van der Waals surface area contributed by atoms with Crippen molar-refractivity contribution in [1.29, 1.82) is 0 Å². The summed E-state index contributed by atoms with van der Waals surface area (Å²) in [7, 11) is -3.55. The third-order valence-corrected chi connectivity index (χ3v) is 5.03. The number of nitrogens with one attached hydrogen (secondary N) is 1. The highest BCUT2D eigenvalue weighted by molar-refractivity contribution is 7.92. The molecule has 0 aliphatic rings. The highest BCUT2D eigenvalue weighted by Gasteiger charge is 2.20.